The number of halogens is 3. The van der Waals surface area contributed by atoms with Crippen LogP contribution < -0.4 is 5.32 Å². The van der Waals surface area contributed by atoms with E-state index in [-0.39, 0.29) is 18.3 Å². The SMILES string of the molecule is Cn1nnc(C(=O)Nc2nc3ccccc3n2Cc2cccc(C(F)(F)F)c2)n1. The lowest BCUT2D eigenvalue weighted by Gasteiger charge is -2.12. The van der Waals surface area contributed by atoms with Crippen molar-refractivity contribution in [2.24, 2.45) is 7.05 Å². The Kier molecular flexibility index (Phi) is 4.49. The molecule has 2 aromatic carbocycles. The Morgan fingerprint density at radius 3 is 2.66 bits per heavy atom. The molecule has 1 amide bonds. The molecule has 0 bridgehead atoms. The van der Waals surface area contributed by atoms with Gasteiger partial charge in [-0.1, -0.05) is 24.3 Å². The van der Waals surface area contributed by atoms with E-state index in [0.717, 1.165) is 16.9 Å². The van der Waals surface area contributed by atoms with Gasteiger partial charge in [0.05, 0.1) is 30.2 Å². The zero-order valence-electron chi connectivity index (χ0n) is 15.1. The molecule has 11 heteroatoms. The summed E-state index contributed by atoms with van der Waals surface area (Å²) in [7, 11) is 1.52. The van der Waals surface area contributed by atoms with E-state index in [1.807, 2.05) is 0 Å². The zero-order valence-corrected chi connectivity index (χ0v) is 15.1. The number of imidazole rings is 1. The van der Waals surface area contributed by atoms with Gasteiger partial charge in [-0.25, -0.2) is 4.98 Å². The molecular formula is C18H14F3N7O. The Morgan fingerprint density at radius 2 is 1.93 bits per heavy atom. The largest absolute Gasteiger partial charge is 0.416 e. The van der Waals surface area contributed by atoms with Gasteiger partial charge in [0.15, 0.2) is 0 Å². The number of anilines is 1. The number of benzene rings is 2. The molecule has 0 saturated carbocycles. The molecule has 148 valence electrons. The fraction of sp³-hybridized carbons (Fsp3) is 0.167. The molecule has 0 fully saturated rings. The van der Waals surface area contributed by atoms with Gasteiger partial charge in [-0.05, 0) is 35.0 Å². The third-order valence-corrected chi connectivity index (χ3v) is 4.19. The van der Waals surface area contributed by atoms with Gasteiger partial charge in [-0.2, -0.15) is 18.0 Å². The van der Waals surface area contributed by atoms with Crippen LogP contribution in [-0.2, 0) is 19.8 Å². The molecule has 4 aromatic rings. The van der Waals surface area contributed by atoms with Crippen LogP contribution in [-0.4, -0.2) is 35.7 Å². The second-order valence-corrected chi connectivity index (χ2v) is 6.27. The molecule has 8 nitrogen and oxygen atoms in total. The predicted octanol–water partition coefficient (Wildman–Crippen LogP) is 2.88. The average Bonchev–Trinajstić information content (AvgIpc) is 3.26. The third kappa shape index (κ3) is 3.79. The number of para-hydroxylation sites is 2. The maximum absolute atomic E-state index is 13.0. The van der Waals surface area contributed by atoms with Crippen LogP contribution in [0.1, 0.15) is 21.7 Å². The Hall–Kier alpha value is -3.76. The number of nitrogens with one attached hydrogen (secondary N) is 1. The summed E-state index contributed by atoms with van der Waals surface area (Å²) in [6, 6.07) is 12.1. The number of carbonyl (C=O) groups is 1. The number of carbonyl (C=O) groups excluding carboxylic acids is 1. The molecule has 0 radical (unpaired) electrons. The predicted molar refractivity (Wildman–Crippen MR) is 97.0 cm³/mol. The van der Waals surface area contributed by atoms with E-state index >= 15 is 0 Å². The van der Waals surface area contributed by atoms with Crippen LogP contribution in [0.2, 0.25) is 0 Å². The molecule has 0 aliphatic carbocycles. The molecule has 1 N–H and O–H groups in total. The number of rotatable bonds is 4. The first-order chi connectivity index (χ1) is 13.8. The normalized spacial score (nSPS) is 11.7. The van der Waals surface area contributed by atoms with E-state index in [1.165, 1.54) is 13.1 Å². The number of nitrogens with zero attached hydrogens (tertiary/aromatic N) is 6. The zero-order chi connectivity index (χ0) is 20.6. The summed E-state index contributed by atoms with van der Waals surface area (Å²) in [5.74, 6) is -0.607. The highest BCUT2D eigenvalue weighted by molar-refractivity contribution is 6.01. The number of alkyl halides is 3. The van der Waals surface area contributed by atoms with Crippen molar-refractivity contribution in [3.8, 4) is 0 Å². The molecule has 0 aliphatic rings. The van der Waals surface area contributed by atoms with Crippen LogP contribution in [0.5, 0.6) is 0 Å². The van der Waals surface area contributed by atoms with Crippen LogP contribution in [0, 0.1) is 0 Å². The van der Waals surface area contributed by atoms with E-state index in [2.05, 4.69) is 25.7 Å². The van der Waals surface area contributed by atoms with E-state index < -0.39 is 17.6 Å². The Morgan fingerprint density at radius 1 is 1.14 bits per heavy atom. The van der Waals surface area contributed by atoms with Crippen LogP contribution in [0.15, 0.2) is 48.5 Å². The summed E-state index contributed by atoms with van der Waals surface area (Å²) in [6.45, 7) is 0.0773. The number of hydrogen-bond acceptors (Lipinski definition) is 5. The number of tetrazole rings is 1. The topological polar surface area (TPSA) is 90.5 Å². The highest BCUT2D eigenvalue weighted by Crippen LogP contribution is 2.30. The molecule has 0 aliphatic heterocycles. The monoisotopic (exact) mass is 401 g/mol. The van der Waals surface area contributed by atoms with Gasteiger partial charge in [0, 0.05) is 0 Å². The molecule has 0 spiro atoms. The third-order valence-electron chi connectivity index (χ3n) is 4.19. The summed E-state index contributed by atoms with van der Waals surface area (Å²) >= 11 is 0. The maximum Gasteiger partial charge on any atom is 0.416 e. The van der Waals surface area contributed by atoms with E-state index in [1.54, 1.807) is 34.9 Å². The van der Waals surface area contributed by atoms with Crippen molar-refractivity contribution in [1.82, 2.24) is 29.8 Å². The van der Waals surface area contributed by atoms with Crippen molar-refractivity contribution >= 4 is 22.9 Å². The number of aromatic nitrogens is 6. The second-order valence-electron chi connectivity index (χ2n) is 6.27. The minimum Gasteiger partial charge on any atom is -0.305 e. The van der Waals surface area contributed by atoms with Crippen molar-refractivity contribution in [3.63, 3.8) is 0 Å². The Balaban J connectivity index is 1.71. The first-order valence-corrected chi connectivity index (χ1v) is 8.48. The summed E-state index contributed by atoms with van der Waals surface area (Å²) in [5.41, 5.74) is 0.916. The number of fused-ring (bicyclic) bond motifs is 1. The first-order valence-electron chi connectivity index (χ1n) is 8.48. The van der Waals surface area contributed by atoms with Gasteiger partial charge in [-0.3, -0.25) is 10.1 Å². The molecule has 29 heavy (non-hydrogen) atoms. The molecule has 2 heterocycles. The van der Waals surface area contributed by atoms with E-state index in [9.17, 15) is 18.0 Å². The van der Waals surface area contributed by atoms with Gasteiger partial charge in [0.1, 0.15) is 0 Å². The van der Waals surface area contributed by atoms with Gasteiger partial charge in [-0.15, -0.1) is 10.2 Å². The summed E-state index contributed by atoms with van der Waals surface area (Å²) in [5, 5.41) is 13.7. The Labute approximate surface area is 162 Å². The Bertz CT molecular complexity index is 1200. The molecule has 0 unspecified atom stereocenters. The average molecular weight is 401 g/mol. The summed E-state index contributed by atoms with van der Waals surface area (Å²) in [4.78, 5) is 17.9. The standard InChI is InChI=1S/C18H14F3N7O/c1-27-25-15(24-26-27)16(29)23-17-22-13-7-2-3-8-14(13)28(17)10-11-5-4-6-12(9-11)18(19,20)21/h2-9H,10H2,1H3,(H,22,23,29). The first kappa shape index (κ1) is 18.6. The van der Waals surface area contributed by atoms with Crippen molar-refractivity contribution in [2.75, 3.05) is 5.32 Å². The summed E-state index contributed by atoms with van der Waals surface area (Å²) < 4.78 is 40.8. The van der Waals surface area contributed by atoms with E-state index in [4.69, 9.17) is 0 Å². The highest BCUT2D eigenvalue weighted by Gasteiger charge is 2.30. The molecule has 0 saturated heterocycles. The van der Waals surface area contributed by atoms with Crippen LogP contribution in [0.3, 0.4) is 0 Å². The van der Waals surface area contributed by atoms with Gasteiger partial charge >= 0.3 is 6.18 Å². The fourth-order valence-corrected chi connectivity index (χ4v) is 2.89. The lowest BCUT2D eigenvalue weighted by molar-refractivity contribution is -0.137. The fourth-order valence-electron chi connectivity index (χ4n) is 2.89. The van der Waals surface area contributed by atoms with Crippen LogP contribution in [0.25, 0.3) is 11.0 Å². The lowest BCUT2D eigenvalue weighted by Crippen LogP contribution is -2.18. The number of amides is 1. The summed E-state index contributed by atoms with van der Waals surface area (Å²) in [6.07, 6.45) is -4.44. The van der Waals surface area contributed by atoms with Gasteiger partial charge in [0.2, 0.25) is 5.95 Å². The molecule has 4 rings (SSSR count). The highest BCUT2D eigenvalue weighted by atomic mass is 19.4. The lowest BCUT2D eigenvalue weighted by atomic mass is 10.1. The minimum absolute atomic E-state index is 0.0773. The van der Waals surface area contributed by atoms with Crippen molar-refractivity contribution < 1.29 is 18.0 Å². The minimum atomic E-state index is -4.44. The van der Waals surface area contributed by atoms with Crippen molar-refractivity contribution in [2.45, 2.75) is 12.7 Å². The quantitative estimate of drug-likeness (QED) is 0.568. The van der Waals surface area contributed by atoms with Crippen molar-refractivity contribution in [3.05, 3.63) is 65.5 Å². The van der Waals surface area contributed by atoms with Crippen LogP contribution >= 0.6 is 0 Å². The second kappa shape index (κ2) is 7.00. The van der Waals surface area contributed by atoms with Crippen molar-refractivity contribution in [1.29, 1.82) is 0 Å². The van der Waals surface area contributed by atoms with Crippen LogP contribution in [0.4, 0.5) is 19.1 Å². The molecular weight excluding hydrogens is 387 g/mol. The molecule has 2 aromatic heterocycles. The number of hydrogen-bond donors (Lipinski definition) is 1. The smallest absolute Gasteiger partial charge is 0.305 e. The van der Waals surface area contributed by atoms with Gasteiger partial charge in [0.25, 0.3) is 11.7 Å². The van der Waals surface area contributed by atoms with E-state index in [0.29, 0.717) is 16.6 Å². The molecule has 0 atom stereocenters. The number of aryl methyl sites for hydroxylation is 1. The maximum atomic E-state index is 13.0. The van der Waals surface area contributed by atoms with Gasteiger partial charge < -0.3 is 4.57 Å².